The number of ether oxygens (including phenoxy) is 1. The van der Waals surface area contributed by atoms with Crippen molar-refractivity contribution in [2.45, 2.75) is 13.5 Å². The maximum Gasteiger partial charge on any atom is 0.338 e. The van der Waals surface area contributed by atoms with Crippen LogP contribution in [0.3, 0.4) is 0 Å². The molecule has 0 amide bonds. The first kappa shape index (κ1) is 19.1. The van der Waals surface area contributed by atoms with E-state index in [1.165, 1.54) is 13.0 Å². The monoisotopic (exact) mass is 448 g/mol. The molecular weight excluding hydrogens is 436 g/mol. The van der Waals surface area contributed by atoms with Gasteiger partial charge in [0, 0.05) is 15.1 Å². The quantitative estimate of drug-likeness (QED) is 0.338. The van der Waals surface area contributed by atoms with Crippen molar-refractivity contribution >= 4 is 45.4 Å². The fourth-order valence-corrected chi connectivity index (χ4v) is 2.91. The van der Waals surface area contributed by atoms with Gasteiger partial charge in [-0.15, -0.1) is 0 Å². The molecule has 0 saturated carbocycles. The second-order valence-electron chi connectivity index (χ2n) is 5.67. The Kier molecular flexibility index (Phi) is 5.93. The van der Waals surface area contributed by atoms with E-state index in [1.807, 2.05) is 30.3 Å². The van der Waals surface area contributed by atoms with E-state index < -0.39 is 4.92 Å². The van der Waals surface area contributed by atoms with E-state index >= 15 is 0 Å². The van der Waals surface area contributed by atoms with Gasteiger partial charge in [-0.1, -0.05) is 44.8 Å². The third kappa shape index (κ3) is 4.75. The van der Waals surface area contributed by atoms with Crippen LogP contribution in [0.1, 0.15) is 22.6 Å². The predicted octanol–water partition coefficient (Wildman–Crippen LogP) is 6.06. The van der Waals surface area contributed by atoms with Crippen molar-refractivity contribution in [2.24, 2.45) is 0 Å². The first-order valence-corrected chi connectivity index (χ1v) is 9.06. The fourth-order valence-electron chi connectivity index (χ4n) is 2.40. The van der Waals surface area contributed by atoms with Crippen molar-refractivity contribution in [2.75, 3.05) is 0 Å². The second kappa shape index (κ2) is 8.37. The highest BCUT2D eigenvalue weighted by molar-refractivity contribution is 9.10. The molecule has 0 bridgehead atoms. The molecule has 3 aromatic rings. The molecule has 1 aromatic heterocycles. The normalized spacial score (nSPS) is 11.1. The highest BCUT2D eigenvalue weighted by Gasteiger charge is 2.22. The molecule has 0 fully saturated rings. The van der Waals surface area contributed by atoms with Gasteiger partial charge in [0.05, 0.1) is 4.92 Å². The maximum absolute atomic E-state index is 11.1. The molecule has 8 heteroatoms. The van der Waals surface area contributed by atoms with Crippen molar-refractivity contribution < 1.29 is 14.2 Å². The van der Waals surface area contributed by atoms with Crippen LogP contribution in [0.15, 0.2) is 51.5 Å². The number of rotatable bonds is 6. The van der Waals surface area contributed by atoms with Gasteiger partial charge in [-0.05, 0) is 55.0 Å². The Bertz CT molecular complexity index is 999. The third-order valence-corrected chi connectivity index (χ3v) is 4.48. The molecule has 0 aliphatic heterocycles. The number of aryl methyl sites for hydroxylation is 1. The predicted molar refractivity (Wildman–Crippen MR) is 107 cm³/mol. The summed E-state index contributed by atoms with van der Waals surface area (Å²) in [6, 6.07) is 12.9. The zero-order valence-electron chi connectivity index (χ0n) is 14.2. The Morgan fingerprint density at radius 3 is 2.70 bits per heavy atom. The minimum atomic E-state index is -0.510. The molecule has 138 valence electrons. The van der Waals surface area contributed by atoms with E-state index in [0.29, 0.717) is 17.4 Å². The first-order valence-electron chi connectivity index (χ1n) is 7.89. The molecule has 0 aliphatic rings. The summed E-state index contributed by atoms with van der Waals surface area (Å²) in [6.07, 6.45) is 3.20. The minimum Gasteiger partial charge on any atom is -0.488 e. The zero-order chi connectivity index (χ0) is 19.4. The van der Waals surface area contributed by atoms with Crippen LogP contribution in [-0.2, 0) is 6.61 Å². The van der Waals surface area contributed by atoms with Crippen molar-refractivity contribution in [3.05, 3.63) is 84.7 Å². The molecule has 3 rings (SSSR count). The van der Waals surface area contributed by atoms with Crippen LogP contribution in [0.25, 0.3) is 12.2 Å². The van der Waals surface area contributed by atoms with Crippen LogP contribution in [-0.4, -0.2) is 10.1 Å². The van der Waals surface area contributed by atoms with Gasteiger partial charge in [-0.3, -0.25) is 10.1 Å². The Morgan fingerprint density at radius 1 is 1.26 bits per heavy atom. The summed E-state index contributed by atoms with van der Waals surface area (Å²) < 4.78 is 11.8. The minimum absolute atomic E-state index is 0.0844. The summed E-state index contributed by atoms with van der Waals surface area (Å²) in [4.78, 5) is 10.6. The van der Waals surface area contributed by atoms with E-state index in [1.54, 1.807) is 18.2 Å². The fraction of sp³-hybridized carbons (Fsp3) is 0.105. The lowest BCUT2D eigenvalue weighted by atomic mass is 10.1. The average molecular weight is 450 g/mol. The summed E-state index contributed by atoms with van der Waals surface area (Å²) in [5.41, 5.74) is 1.79. The van der Waals surface area contributed by atoms with Gasteiger partial charge in [-0.25, -0.2) is 0 Å². The number of nitrogens with zero attached hydrogens (tertiary/aromatic N) is 2. The van der Waals surface area contributed by atoms with Gasteiger partial charge in [0.25, 0.3) is 0 Å². The molecule has 0 aliphatic carbocycles. The average Bonchev–Trinajstić information content (AvgIpc) is 3.01. The Hall–Kier alpha value is -2.64. The highest BCUT2D eigenvalue weighted by atomic mass is 79.9. The lowest BCUT2D eigenvalue weighted by Gasteiger charge is -2.10. The second-order valence-corrected chi connectivity index (χ2v) is 7.02. The summed E-state index contributed by atoms with van der Waals surface area (Å²) in [5, 5.41) is 15.5. The molecule has 1 heterocycles. The van der Waals surface area contributed by atoms with E-state index in [0.717, 1.165) is 15.6 Å². The molecule has 0 radical (unpaired) electrons. The van der Waals surface area contributed by atoms with Gasteiger partial charge in [0.15, 0.2) is 5.69 Å². The van der Waals surface area contributed by atoms with Crippen LogP contribution in [0.5, 0.6) is 5.75 Å². The Morgan fingerprint density at radius 2 is 2.00 bits per heavy atom. The summed E-state index contributed by atoms with van der Waals surface area (Å²) in [5.74, 6) is 0.712. The van der Waals surface area contributed by atoms with E-state index in [4.69, 9.17) is 20.9 Å². The van der Waals surface area contributed by atoms with Gasteiger partial charge >= 0.3 is 5.69 Å². The smallest absolute Gasteiger partial charge is 0.338 e. The summed E-state index contributed by atoms with van der Waals surface area (Å²) >= 11 is 9.31. The topological polar surface area (TPSA) is 78.4 Å². The molecule has 6 nitrogen and oxygen atoms in total. The van der Waals surface area contributed by atoms with E-state index in [9.17, 15) is 10.1 Å². The van der Waals surface area contributed by atoms with Gasteiger partial charge in [-0.2, -0.15) is 0 Å². The maximum atomic E-state index is 11.1. The van der Waals surface area contributed by atoms with Crippen LogP contribution in [0, 0.1) is 17.0 Å². The third-order valence-electron chi connectivity index (χ3n) is 3.73. The lowest BCUT2D eigenvalue weighted by molar-refractivity contribution is -0.386. The van der Waals surface area contributed by atoms with Gasteiger partial charge < -0.3 is 9.26 Å². The molecule has 27 heavy (non-hydrogen) atoms. The Balaban J connectivity index is 1.84. The van der Waals surface area contributed by atoms with Gasteiger partial charge in [0.1, 0.15) is 12.4 Å². The summed E-state index contributed by atoms with van der Waals surface area (Å²) in [7, 11) is 0. The molecular formula is C19H14BrClN2O4. The van der Waals surface area contributed by atoms with Crippen molar-refractivity contribution in [3.63, 3.8) is 0 Å². The highest BCUT2D eigenvalue weighted by Crippen LogP contribution is 2.29. The zero-order valence-corrected chi connectivity index (χ0v) is 16.5. The van der Waals surface area contributed by atoms with E-state index in [2.05, 4.69) is 21.1 Å². The molecule has 0 unspecified atom stereocenters. The number of hydrogen-bond acceptors (Lipinski definition) is 5. The standard InChI is InChI=1S/C19H14BrClN2O4/c1-12-19(23(24)25)18(27-22-12)8-4-14-10-15(20)5-9-17(14)26-11-13-2-6-16(21)7-3-13/h2-10H,11H2,1H3. The SMILES string of the molecule is Cc1noc(C=Cc2cc(Br)ccc2OCc2ccc(Cl)cc2)c1[N+](=O)[O-]. The molecule has 0 N–H and O–H groups in total. The Labute approximate surface area is 168 Å². The van der Waals surface area contributed by atoms with Crippen molar-refractivity contribution in [3.8, 4) is 5.75 Å². The largest absolute Gasteiger partial charge is 0.488 e. The molecule has 0 atom stereocenters. The van der Waals surface area contributed by atoms with Crippen LogP contribution in [0.4, 0.5) is 5.69 Å². The number of nitro groups is 1. The van der Waals surface area contributed by atoms with Crippen LogP contribution in [0.2, 0.25) is 5.02 Å². The van der Waals surface area contributed by atoms with E-state index in [-0.39, 0.29) is 17.1 Å². The van der Waals surface area contributed by atoms with Crippen LogP contribution < -0.4 is 4.74 Å². The number of aromatic nitrogens is 1. The molecule has 0 saturated heterocycles. The summed E-state index contributed by atoms with van der Waals surface area (Å²) in [6.45, 7) is 1.89. The lowest BCUT2D eigenvalue weighted by Crippen LogP contribution is -1.97. The number of halogens is 2. The molecule has 0 spiro atoms. The number of hydrogen-bond donors (Lipinski definition) is 0. The number of benzene rings is 2. The van der Waals surface area contributed by atoms with Crippen molar-refractivity contribution in [1.29, 1.82) is 0 Å². The van der Waals surface area contributed by atoms with Gasteiger partial charge in [0.2, 0.25) is 5.76 Å². The van der Waals surface area contributed by atoms with Crippen LogP contribution >= 0.6 is 27.5 Å². The van der Waals surface area contributed by atoms with Crippen molar-refractivity contribution in [1.82, 2.24) is 5.16 Å². The first-order chi connectivity index (χ1) is 12.9. The molecule has 2 aromatic carbocycles.